The Morgan fingerprint density at radius 3 is 2.33 bits per heavy atom. The molecule has 1 aromatic rings. The van der Waals surface area contributed by atoms with Crippen LogP contribution in [0, 0.1) is 13.8 Å². The molecule has 1 aliphatic heterocycles. The Morgan fingerprint density at radius 2 is 1.78 bits per heavy atom. The SMILES string of the molecule is Cc1nc(Cl)c(C)c(N2CCC(N(C)C)CC2)n1. The molecule has 1 aliphatic rings. The third kappa shape index (κ3) is 2.75. The molecule has 4 nitrogen and oxygen atoms in total. The molecule has 0 atom stereocenters. The van der Waals surface area contributed by atoms with Crippen LogP contribution in [-0.4, -0.2) is 48.1 Å². The third-order valence-corrected chi connectivity index (χ3v) is 4.03. The molecule has 2 heterocycles. The quantitative estimate of drug-likeness (QED) is 0.771. The summed E-state index contributed by atoms with van der Waals surface area (Å²) in [6.45, 7) is 5.96. The van der Waals surface area contributed by atoms with Crippen molar-refractivity contribution < 1.29 is 0 Å². The number of nitrogens with zero attached hydrogens (tertiary/aromatic N) is 4. The minimum absolute atomic E-state index is 0.576. The number of aryl methyl sites for hydroxylation is 1. The molecular weight excluding hydrogens is 248 g/mol. The lowest BCUT2D eigenvalue weighted by Gasteiger charge is -2.36. The Hall–Kier alpha value is -0.870. The van der Waals surface area contributed by atoms with Crippen molar-refractivity contribution >= 4 is 17.4 Å². The van der Waals surface area contributed by atoms with E-state index in [1.807, 2.05) is 13.8 Å². The minimum atomic E-state index is 0.576. The van der Waals surface area contributed by atoms with Gasteiger partial charge in [-0.2, -0.15) is 0 Å². The number of hydrogen-bond acceptors (Lipinski definition) is 4. The van der Waals surface area contributed by atoms with Crippen molar-refractivity contribution in [3.05, 3.63) is 16.5 Å². The van der Waals surface area contributed by atoms with Crippen LogP contribution in [0.2, 0.25) is 5.15 Å². The molecule has 0 bridgehead atoms. The van der Waals surface area contributed by atoms with Gasteiger partial charge in [-0.15, -0.1) is 0 Å². The number of anilines is 1. The molecule has 100 valence electrons. The Bertz CT molecular complexity index is 425. The highest BCUT2D eigenvalue weighted by Crippen LogP contribution is 2.26. The molecule has 0 radical (unpaired) electrons. The summed E-state index contributed by atoms with van der Waals surface area (Å²) in [4.78, 5) is 13.4. The first-order chi connectivity index (χ1) is 8.49. The van der Waals surface area contributed by atoms with E-state index in [0.717, 1.165) is 30.3 Å². The molecule has 0 N–H and O–H groups in total. The summed E-state index contributed by atoms with van der Waals surface area (Å²) in [6.07, 6.45) is 2.35. The van der Waals surface area contributed by atoms with E-state index in [9.17, 15) is 0 Å². The van der Waals surface area contributed by atoms with E-state index in [2.05, 4.69) is 33.9 Å². The molecule has 0 aromatic carbocycles. The topological polar surface area (TPSA) is 32.3 Å². The fourth-order valence-corrected chi connectivity index (χ4v) is 2.69. The van der Waals surface area contributed by atoms with Crippen molar-refractivity contribution in [1.82, 2.24) is 14.9 Å². The maximum Gasteiger partial charge on any atom is 0.137 e. The van der Waals surface area contributed by atoms with Gasteiger partial charge >= 0.3 is 0 Å². The summed E-state index contributed by atoms with van der Waals surface area (Å²) in [7, 11) is 4.30. The summed E-state index contributed by atoms with van der Waals surface area (Å²) < 4.78 is 0. The molecule has 0 unspecified atom stereocenters. The standard InChI is InChI=1S/C13H21ClN4/c1-9-12(14)15-10(2)16-13(9)18-7-5-11(6-8-18)17(3)4/h11H,5-8H2,1-4H3. The van der Waals surface area contributed by atoms with Crippen LogP contribution >= 0.6 is 11.6 Å². The number of aromatic nitrogens is 2. The van der Waals surface area contributed by atoms with Crippen molar-refractivity contribution in [2.45, 2.75) is 32.7 Å². The number of piperidine rings is 1. The molecule has 0 aliphatic carbocycles. The first kappa shape index (κ1) is 13.6. The number of hydrogen-bond donors (Lipinski definition) is 0. The van der Waals surface area contributed by atoms with E-state index >= 15 is 0 Å². The molecule has 1 aromatic heterocycles. The second kappa shape index (κ2) is 5.41. The van der Waals surface area contributed by atoms with Crippen LogP contribution in [0.3, 0.4) is 0 Å². The predicted octanol–water partition coefficient (Wildman–Crippen LogP) is 2.28. The summed E-state index contributed by atoms with van der Waals surface area (Å²) in [5, 5.41) is 0.576. The van der Waals surface area contributed by atoms with Gasteiger partial charge in [-0.25, -0.2) is 9.97 Å². The highest BCUT2D eigenvalue weighted by Gasteiger charge is 2.23. The third-order valence-electron chi connectivity index (χ3n) is 3.67. The molecule has 2 rings (SSSR count). The fraction of sp³-hybridized carbons (Fsp3) is 0.692. The van der Waals surface area contributed by atoms with E-state index in [1.165, 1.54) is 12.8 Å². The lowest BCUT2D eigenvalue weighted by molar-refractivity contribution is 0.249. The van der Waals surface area contributed by atoms with Crippen molar-refractivity contribution in [3.63, 3.8) is 0 Å². The van der Waals surface area contributed by atoms with Gasteiger partial charge in [-0.3, -0.25) is 0 Å². The number of rotatable bonds is 2. The average Bonchev–Trinajstić information content (AvgIpc) is 2.34. The van der Waals surface area contributed by atoms with Gasteiger partial charge in [-0.05, 0) is 40.8 Å². The maximum absolute atomic E-state index is 6.13. The Kier molecular flexibility index (Phi) is 4.07. The minimum Gasteiger partial charge on any atom is -0.356 e. The zero-order valence-corrected chi connectivity index (χ0v) is 12.3. The normalized spacial score (nSPS) is 17.6. The van der Waals surface area contributed by atoms with E-state index in [4.69, 9.17) is 11.6 Å². The summed E-state index contributed by atoms with van der Waals surface area (Å²) in [5.74, 6) is 1.75. The second-order valence-electron chi connectivity index (χ2n) is 5.19. The van der Waals surface area contributed by atoms with E-state index in [1.54, 1.807) is 0 Å². The lowest BCUT2D eigenvalue weighted by atomic mass is 10.0. The Labute approximate surface area is 114 Å². The second-order valence-corrected chi connectivity index (χ2v) is 5.55. The van der Waals surface area contributed by atoms with Gasteiger partial charge in [0.2, 0.25) is 0 Å². The van der Waals surface area contributed by atoms with Gasteiger partial charge in [0, 0.05) is 24.7 Å². The molecule has 0 spiro atoms. The van der Waals surface area contributed by atoms with E-state index < -0.39 is 0 Å². The van der Waals surface area contributed by atoms with Gasteiger partial charge in [0.1, 0.15) is 16.8 Å². The molecular formula is C13H21ClN4. The Balaban J connectivity index is 2.15. The molecule has 18 heavy (non-hydrogen) atoms. The fourth-order valence-electron chi connectivity index (χ4n) is 2.48. The van der Waals surface area contributed by atoms with Gasteiger partial charge in [-0.1, -0.05) is 11.6 Å². The molecule has 0 saturated carbocycles. The predicted molar refractivity (Wildman–Crippen MR) is 75.4 cm³/mol. The molecule has 1 fully saturated rings. The summed E-state index contributed by atoms with van der Waals surface area (Å²) >= 11 is 6.13. The highest BCUT2D eigenvalue weighted by molar-refractivity contribution is 6.30. The molecule has 0 amide bonds. The van der Waals surface area contributed by atoms with Crippen LogP contribution in [0.15, 0.2) is 0 Å². The van der Waals surface area contributed by atoms with Gasteiger partial charge in [0.25, 0.3) is 0 Å². The average molecular weight is 269 g/mol. The molecule has 1 saturated heterocycles. The van der Waals surface area contributed by atoms with Crippen LogP contribution in [0.1, 0.15) is 24.2 Å². The monoisotopic (exact) mass is 268 g/mol. The summed E-state index contributed by atoms with van der Waals surface area (Å²) in [5.41, 5.74) is 0.991. The first-order valence-electron chi connectivity index (χ1n) is 6.41. The van der Waals surface area contributed by atoms with Crippen LogP contribution in [0.25, 0.3) is 0 Å². The van der Waals surface area contributed by atoms with Gasteiger partial charge in [0.05, 0.1) is 0 Å². The van der Waals surface area contributed by atoms with E-state index in [0.29, 0.717) is 11.2 Å². The number of halogens is 1. The smallest absolute Gasteiger partial charge is 0.137 e. The Morgan fingerprint density at radius 1 is 1.17 bits per heavy atom. The van der Waals surface area contributed by atoms with Crippen molar-refractivity contribution in [2.24, 2.45) is 0 Å². The van der Waals surface area contributed by atoms with Crippen molar-refractivity contribution in [3.8, 4) is 0 Å². The first-order valence-corrected chi connectivity index (χ1v) is 6.79. The van der Waals surface area contributed by atoms with Gasteiger partial charge < -0.3 is 9.80 Å². The van der Waals surface area contributed by atoms with Crippen LogP contribution in [0.5, 0.6) is 0 Å². The van der Waals surface area contributed by atoms with Crippen LogP contribution < -0.4 is 4.90 Å². The highest BCUT2D eigenvalue weighted by atomic mass is 35.5. The zero-order valence-electron chi connectivity index (χ0n) is 11.6. The zero-order chi connectivity index (χ0) is 13.3. The van der Waals surface area contributed by atoms with Crippen molar-refractivity contribution in [1.29, 1.82) is 0 Å². The van der Waals surface area contributed by atoms with Crippen LogP contribution in [0.4, 0.5) is 5.82 Å². The lowest BCUT2D eigenvalue weighted by Crippen LogP contribution is -2.42. The van der Waals surface area contributed by atoms with Crippen LogP contribution in [-0.2, 0) is 0 Å². The largest absolute Gasteiger partial charge is 0.356 e. The molecule has 5 heteroatoms. The summed E-state index contributed by atoms with van der Waals surface area (Å²) in [6, 6.07) is 0.681. The van der Waals surface area contributed by atoms with Crippen molar-refractivity contribution in [2.75, 3.05) is 32.1 Å². The van der Waals surface area contributed by atoms with E-state index in [-0.39, 0.29) is 0 Å². The van der Waals surface area contributed by atoms with Gasteiger partial charge in [0.15, 0.2) is 0 Å². The maximum atomic E-state index is 6.13.